The van der Waals surface area contributed by atoms with E-state index in [1.165, 1.54) is 132 Å². The Morgan fingerprint density at radius 2 is 0.946 bits per heavy atom. The molecule has 0 spiro atoms. The second-order valence-corrected chi connectivity index (χ2v) is 17.3. The van der Waals surface area contributed by atoms with Gasteiger partial charge in [0.2, 0.25) is 0 Å². The van der Waals surface area contributed by atoms with Gasteiger partial charge in [-0.15, -0.1) is 0 Å². The van der Waals surface area contributed by atoms with Crippen molar-refractivity contribution in [1.82, 2.24) is 0 Å². The van der Waals surface area contributed by atoms with Gasteiger partial charge in [0.15, 0.2) is 0 Å². The number of rotatable bonds is 16. The fourth-order valence-electron chi connectivity index (χ4n) is 10.1. The largest absolute Gasteiger partial charge is 0.356 e. The van der Waals surface area contributed by atoms with Gasteiger partial charge in [-0.1, -0.05) is 188 Å². The van der Waals surface area contributed by atoms with Crippen LogP contribution in [-0.4, -0.2) is 0 Å². The Kier molecular flexibility index (Phi) is 11.1. The molecule has 2 aliphatic rings. The predicted molar refractivity (Wildman–Crippen MR) is 241 cm³/mol. The molecule has 286 valence electrons. The minimum absolute atomic E-state index is 0.0271. The average molecular weight is 736 g/mol. The molecular weight excluding hydrogens is 675 g/mol. The monoisotopic (exact) mass is 735 g/mol. The number of hydrogen-bond donors (Lipinski definition) is 1. The molecule has 1 heteroatoms. The van der Waals surface area contributed by atoms with E-state index in [0.717, 1.165) is 17.8 Å². The molecular formula is C55H61N. The van der Waals surface area contributed by atoms with E-state index in [1.54, 1.807) is 11.1 Å². The van der Waals surface area contributed by atoms with Gasteiger partial charge < -0.3 is 5.32 Å². The molecule has 2 aliphatic carbocycles. The highest BCUT2D eigenvalue weighted by Crippen LogP contribution is 2.57. The minimum Gasteiger partial charge on any atom is -0.356 e. The second-order valence-electron chi connectivity index (χ2n) is 17.3. The van der Waals surface area contributed by atoms with E-state index in [1.807, 2.05) is 0 Å². The number of anilines is 2. The number of hydrogen-bond acceptors (Lipinski definition) is 1. The lowest BCUT2D eigenvalue weighted by Gasteiger charge is -2.34. The van der Waals surface area contributed by atoms with E-state index in [2.05, 4.69) is 167 Å². The summed E-state index contributed by atoms with van der Waals surface area (Å²) in [5, 5.41) is 3.80. The van der Waals surface area contributed by atoms with E-state index in [4.69, 9.17) is 0 Å². The molecule has 0 bridgehead atoms. The molecule has 1 nitrogen and oxygen atoms in total. The first kappa shape index (κ1) is 38.0. The van der Waals surface area contributed by atoms with Gasteiger partial charge in [-0.2, -0.15) is 0 Å². The van der Waals surface area contributed by atoms with Crippen molar-refractivity contribution >= 4 is 11.4 Å². The van der Waals surface area contributed by atoms with Crippen LogP contribution in [0.15, 0.2) is 127 Å². The Bertz CT molecular complexity index is 2290. The molecule has 1 unspecified atom stereocenters. The van der Waals surface area contributed by atoms with E-state index in [0.29, 0.717) is 0 Å². The highest BCUT2D eigenvalue weighted by Gasteiger charge is 2.46. The average Bonchev–Trinajstić information content (AvgIpc) is 3.63. The normalized spacial score (nSPS) is 15.9. The van der Waals surface area contributed by atoms with Crippen molar-refractivity contribution in [3.05, 3.63) is 177 Å². The Hall–Kier alpha value is -4.88. The summed E-state index contributed by atoms with van der Waals surface area (Å²) in [4.78, 5) is 0. The van der Waals surface area contributed by atoms with Crippen LogP contribution in [0.4, 0.5) is 11.4 Å². The zero-order chi connectivity index (χ0) is 38.7. The molecule has 1 atom stereocenters. The molecule has 0 aliphatic heterocycles. The molecule has 0 aromatic heterocycles. The Balaban J connectivity index is 1.18. The molecule has 1 N–H and O–H groups in total. The Labute approximate surface area is 337 Å². The van der Waals surface area contributed by atoms with Gasteiger partial charge >= 0.3 is 0 Å². The zero-order valence-electron chi connectivity index (χ0n) is 34.6. The fraction of sp³-hybridized carbons (Fsp3) is 0.345. The molecule has 56 heavy (non-hydrogen) atoms. The summed E-state index contributed by atoms with van der Waals surface area (Å²) in [5.41, 5.74) is 20.1. The Morgan fingerprint density at radius 1 is 0.429 bits per heavy atom. The molecule has 0 saturated carbocycles. The van der Waals surface area contributed by atoms with Crippen LogP contribution in [0.1, 0.15) is 142 Å². The number of unbranched alkanes of at least 4 members (excludes halogenated alkanes) is 8. The van der Waals surface area contributed by atoms with E-state index in [9.17, 15) is 0 Å². The van der Waals surface area contributed by atoms with Crippen LogP contribution in [0.5, 0.6) is 0 Å². The lowest BCUT2D eigenvalue weighted by molar-refractivity contribution is 0.588. The summed E-state index contributed by atoms with van der Waals surface area (Å²) < 4.78 is 0. The van der Waals surface area contributed by atoms with Crippen molar-refractivity contribution in [3.8, 4) is 22.3 Å². The highest BCUT2D eigenvalue weighted by atomic mass is 14.9. The number of fused-ring (bicyclic) bond motifs is 6. The first-order valence-electron chi connectivity index (χ1n) is 21.8. The molecule has 0 saturated heterocycles. The van der Waals surface area contributed by atoms with Crippen molar-refractivity contribution in [1.29, 1.82) is 0 Å². The summed E-state index contributed by atoms with van der Waals surface area (Å²) in [6, 6.07) is 49.1. The quantitative estimate of drug-likeness (QED) is 0.0975. The van der Waals surface area contributed by atoms with E-state index >= 15 is 0 Å². The van der Waals surface area contributed by atoms with Crippen LogP contribution in [-0.2, 0) is 23.7 Å². The third-order valence-corrected chi connectivity index (χ3v) is 13.1. The maximum Gasteiger partial charge on any atom is 0.0713 e. The molecule has 0 heterocycles. The zero-order valence-corrected chi connectivity index (χ0v) is 34.6. The molecule has 6 aromatic rings. The SMILES string of the molecule is CCCCCCCCCc1cc2c(cc1CCCCC)C(c1ccc(C)cc1)(c1ccc(Nc3ccc4c(c3)C(C)(C)c3ccccc3-4)cc1)c1ccccc1-2. The van der Waals surface area contributed by atoms with Gasteiger partial charge in [0.1, 0.15) is 0 Å². The standard InChI is InChI=1S/C55H61N/c1-6-8-10-11-12-13-15-21-40-36-49-47-23-17-19-25-51(47)55(42-28-26-39(3)27-29-42,53(49)37-41(40)20-14-9-7-2)43-30-32-44(33-31-43)56-45-34-35-48-46-22-16-18-24-50(46)54(4,5)52(48)38-45/h16-19,22-38,56H,6-15,20-21H2,1-5H3. The summed E-state index contributed by atoms with van der Waals surface area (Å²) in [5.74, 6) is 0. The smallest absolute Gasteiger partial charge is 0.0713 e. The van der Waals surface area contributed by atoms with Gasteiger partial charge in [-0.3, -0.25) is 0 Å². The highest BCUT2D eigenvalue weighted by molar-refractivity contribution is 5.87. The van der Waals surface area contributed by atoms with Crippen LogP contribution in [0.2, 0.25) is 0 Å². The molecule has 8 rings (SSSR count). The van der Waals surface area contributed by atoms with Crippen LogP contribution in [0.25, 0.3) is 22.3 Å². The van der Waals surface area contributed by atoms with Gasteiger partial charge in [0.25, 0.3) is 0 Å². The van der Waals surface area contributed by atoms with E-state index in [-0.39, 0.29) is 5.41 Å². The van der Waals surface area contributed by atoms with Gasteiger partial charge in [-0.25, -0.2) is 0 Å². The number of aryl methyl sites for hydroxylation is 3. The topological polar surface area (TPSA) is 12.0 Å². The second kappa shape index (κ2) is 16.3. The van der Waals surface area contributed by atoms with Gasteiger partial charge in [-0.05, 0) is 124 Å². The maximum absolute atomic E-state index is 3.80. The predicted octanol–water partition coefficient (Wildman–Crippen LogP) is 15.4. The van der Waals surface area contributed by atoms with E-state index < -0.39 is 5.41 Å². The lowest BCUT2D eigenvalue weighted by atomic mass is 9.67. The molecule has 6 aromatic carbocycles. The summed E-state index contributed by atoms with van der Waals surface area (Å²) in [7, 11) is 0. The van der Waals surface area contributed by atoms with Gasteiger partial charge in [0.05, 0.1) is 5.41 Å². The van der Waals surface area contributed by atoms with Crippen molar-refractivity contribution < 1.29 is 0 Å². The van der Waals surface area contributed by atoms with Crippen LogP contribution in [0.3, 0.4) is 0 Å². The van der Waals surface area contributed by atoms with Crippen LogP contribution >= 0.6 is 0 Å². The lowest BCUT2D eigenvalue weighted by Crippen LogP contribution is -2.29. The first-order valence-corrected chi connectivity index (χ1v) is 21.8. The summed E-state index contributed by atoms with van der Waals surface area (Å²) in [6.45, 7) is 11.5. The van der Waals surface area contributed by atoms with Crippen molar-refractivity contribution in [2.75, 3.05) is 5.32 Å². The first-order chi connectivity index (χ1) is 27.4. The molecule has 0 radical (unpaired) electrons. The maximum atomic E-state index is 3.80. The summed E-state index contributed by atoms with van der Waals surface area (Å²) in [6.07, 6.45) is 15.5. The van der Waals surface area contributed by atoms with Crippen molar-refractivity contribution in [3.63, 3.8) is 0 Å². The molecule has 0 amide bonds. The van der Waals surface area contributed by atoms with Gasteiger partial charge in [0, 0.05) is 16.8 Å². The van der Waals surface area contributed by atoms with Crippen molar-refractivity contribution in [2.45, 2.75) is 122 Å². The number of nitrogens with one attached hydrogen (secondary N) is 1. The van der Waals surface area contributed by atoms with Crippen molar-refractivity contribution in [2.24, 2.45) is 0 Å². The Morgan fingerprint density at radius 3 is 1.64 bits per heavy atom. The third-order valence-electron chi connectivity index (χ3n) is 13.1. The fourth-order valence-corrected chi connectivity index (χ4v) is 10.1. The number of benzene rings is 6. The minimum atomic E-state index is -0.404. The van der Waals surface area contributed by atoms with Crippen LogP contribution in [0, 0.1) is 6.92 Å². The third kappa shape index (κ3) is 6.93. The van der Waals surface area contributed by atoms with Crippen LogP contribution < -0.4 is 5.32 Å². The summed E-state index contributed by atoms with van der Waals surface area (Å²) >= 11 is 0. The molecule has 0 fully saturated rings.